The van der Waals surface area contributed by atoms with Gasteiger partial charge in [-0.15, -0.1) is 0 Å². The van der Waals surface area contributed by atoms with Crippen LogP contribution in [0.25, 0.3) is 10.9 Å². The van der Waals surface area contributed by atoms with Gasteiger partial charge < -0.3 is 14.4 Å². The molecule has 8 nitrogen and oxygen atoms in total. The Labute approximate surface area is 225 Å². The quantitative estimate of drug-likeness (QED) is 0.304. The molecule has 1 heterocycles. The number of amides is 1. The third-order valence-electron chi connectivity index (χ3n) is 6.75. The number of halogens is 1. The van der Waals surface area contributed by atoms with E-state index in [4.69, 9.17) is 9.47 Å². The van der Waals surface area contributed by atoms with Gasteiger partial charge in [-0.1, -0.05) is 43.7 Å². The van der Waals surface area contributed by atoms with Crippen LogP contribution >= 0.6 is 0 Å². The molecule has 0 saturated heterocycles. The maximum Gasteiger partial charge on any atom is 0.332 e. The summed E-state index contributed by atoms with van der Waals surface area (Å²) in [6, 6.07) is 16.1. The number of carbonyl (C=O) groups excluding carboxylic acids is 1. The SMILES string of the molecule is CCCCN(C)C(=O)c1ccc(Cn2c(=O)c3cc(OC)c(OC)cc3n(Cc3ccccc3F)c2=O)cc1. The average molecular weight is 534 g/mol. The van der Waals surface area contributed by atoms with Gasteiger partial charge in [0.05, 0.1) is 38.2 Å². The van der Waals surface area contributed by atoms with Crippen LogP contribution in [0.2, 0.25) is 0 Å². The summed E-state index contributed by atoms with van der Waals surface area (Å²) in [5, 5.41) is 0.230. The number of methoxy groups -OCH3 is 2. The largest absolute Gasteiger partial charge is 0.493 e. The Kier molecular flexibility index (Phi) is 8.49. The van der Waals surface area contributed by atoms with Crippen LogP contribution in [0.4, 0.5) is 4.39 Å². The lowest BCUT2D eigenvalue weighted by Gasteiger charge is -2.18. The summed E-state index contributed by atoms with van der Waals surface area (Å²) in [5.41, 5.74) is 0.688. The van der Waals surface area contributed by atoms with Gasteiger partial charge in [0.25, 0.3) is 11.5 Å². The number of fused-ring (bicyclic) bond motifs is 1. The minimum atomic E-state index is -0.595. The van der Waals surface area contributed by atoms with Crippen LogP contribution in [-0.2, 0) is 13.1 Å². The third-order valence-corrected chi connectivity index (χ3v) is 6.75. The summed E-state index contributed by atoms with van der Waals surface area (Å²) < 4.78 is 27.8. The number of ether oxygens (including phenoxy) is 2. The van der Waals surface area contributed by atoms with E-state index in [0.29, 0.717) is 40.3 Å². The predicted octanol–water partition coefficient (Wildman–Crippen LogP) is 4.29. The van der Waals surface area contributed by atoms with Gasteiger partial charge in [-0.3, -0.25) is 18.7 Å². The van der Waals surface area contributed by atoms with Crippen molar-refractivity contribution in [2.45, 2.75) is 32.9 Å². The van der Waals surface area contributed by atoms with Crippen molar-refractivity contribution in [2.24, 2.45) is 0 Å². The maximum atomic E-state index is 14.6. The summed E-state index contributed by atoms with van der Waals surface area (Å²) >= 11 is 0. The molecular weight excluding hydrogens is 501 g/mol. The first-order valence-electron chi connectivity index (χ1n) is 12.8. The van der Waals surface area contributed by atoms with Crippen LogP contribution in [0, 0.1) is 5.82 Å². The third kappa shape index (κ3) is 5.72. The second kappa shape index (κ2) is 12.0. The molecule has 4 aromatic rings. The van der Waals surface area contributed by atoms with E-state index in [9.17, 15) is 18.8 Å². The molecule has 0 spiro atoms. The summed E-state index contributed by atoms with van der Waals surface area (Å²) in [7, 11) is 4.68. The van der Waals surface area contributed by atoms with Crippen LogP contribution in [0.1, 0.15) is 41.3 Å². The van der Waals surface area contributed by atoms with Crippen LogP contribution in [0.3, 0.4) is 0 Å². The number of benzene rings is 3. The minimum absolute atomic E-state index is 0.0284. The average Bonchev–Trinajstić information content (AvgIpc) is 2.96. The Morgan fingerprint density at radius 3 is 2.23 bits per heavy atom. The summed E-state index contributed by atoms with van der Waals surface area (Å²) in [5.74, 6) is 0.124. The molecule has 0 saturated carbocycles. The van der Waals surface area contributed by atoms with Crippen LogP contribution in [0.5, 0.6) is 11.5 Å². The fraction of sp³-hybridized carbons (Fsp3) is 0.300. The Hall–Kier alpha value is -4.40. The first-order chi connectivity index (χ1) is 18.8. The van der Waals surface area contributed by atoms with Gasteiger partial charge in [-0.05, 0) is 36.2 Å². The first kappa shape index (κ1) is 27.6. The van der Waals surface area contributed by atoms with Gasteiger partial charge in [-0.25, -0.2) is 9.18 Å². The van der Waals surface area contributed by atoms with Gasteiger partial charge in [-0.2, -0.15) is 0 Å². The Balaban J connectivity index is 1.80. The highest BCUT2D eigenvalue weighted by molar-refractivity contribution is 5.94. The van der Waals surface area contributed by atoms with E-state index in [1.165, 1.54) is 30.9 Å². The fourth-order valence-corrected chi connectivity index (χ4v) is 4.49. The van der Waals surface area contributed by atoms with Gasteiger partial charge in [0.2, 0.25) is 0 Å². The number of hydrogen-bond acceptors (Lipinski definition) is 5. The second-order valence-electron chi connectivity index (χ2n) is 9.35. The normalized spacial score (nSPS) is 11.0. The molecule has 0 radical (unpaired) electrons. The Bertz CT molecular complexity index is 1610. The van der Waals surface area contributed by atoms with Crippen molar-refractivity contribution in [3.05, 3.63) is 104 Å². The number of rotatable bonds is 10. The zero-order valence-corrected chi connectivity index (χ0v) is 22.6. The minimum Gasteiger partial charge on any atom is -0.493 e. The van der Waals surface area contributed by atoms with E-state index < -0.39 is 17.1 Å². The standard InChI is InChI=1S/C30H32FN3O5/c1-5-6-15-32(2)28(35)21-13-11-20(12-14-21)18-34-29(36)23-16-26(38-3)27(39-4)17-25(23)33(30(34)37)19-22-9-7-8-10-24(22)31/h7-14,16-17H,5-6,15,18-19H2,1-4H3. The number of nitrogens with zero attached hydrogens (tertiary/aromatic N) is 3. The lowest BCUT2D eigenvalue weighted by Crippen LogP contribution is -2.40. The van der Waals surface area contributed by atoms with E-state index in [-0.39, 0.29) is 24.4 Å². The van der Waals surface area contributed by atoms with Gasteiger partial charge in [0.15, 0.2) is 11.5 Å². The van der Waals surface area contributed by atoms with E-state index in [2.05, 4.69) is 6.92 Å². The molecule has 3 aromatic carbocycles. The molecule has 9 heteroatoms. The van der Waals surface area contributed by atoms with Gasteiger partial charge in [0, 0.05) is 30.8 Å². The smallest absolute Gasteiger partial charge is 0.332 e. The van der Waals surface area contributed by atoms with Crippen molar-refractivity contribution in [2.75, 3.05) is 27.8 Å². The molecule has 204 valence electrons. The second-order valence-corrected chi connectivity index (χ2v) is 9.35. The van der Waals surface area contributed by atoms with Gasteiger partial charge >= 0.3 is 5.69 Å². The van der Waals surface area contributed by atoms with E-state index in [0.717, 1.165) is 17.4 Å². The van der Waals surface area contributed by atoms with Crippen molar-refractivity contribution in [1.29, 1.82) is 0 Å². The number of hydrogen-bond donors (Lipinski definition) is 0. The molecule has 0 atom stereocenters. The van der Waals surface area contributed by atoms with Crippen molar-refractivity contribution in [3.8, 4) is 11.5 Å². The molecule has 0 fully saturated rings. The molecule has 0 aliphatic carbocycles. The zero-order valence-electron chi connectivity index (χ0n) is 22.6. The molecule has 1 aromatic heterocycles. The maximum absolute atomic E-state index is 14.6. The monoisotopic (exact) mass is 533 g/mol. The predicted molar refractivity (Wildman–Crippen MR) is 148 cm³/mol. The highest BCUT2D eigenvalue weighted by Gasteiger charge is 2.19. The first-order valence-corrected chi connectivity index (χ1v) is 12.8. The van der Waals surface area contributed by atoms with Crippen molar-refractivity contribution < 1.29 is 18.7 Å². The summed E-state index contributed by atoms with van der Waals surface area (Å²) in [6.45, 7) is 2.62. The van der Waals surface area contributed by atoms with E-state index in [1.807, 2.05) is 0 Å². The van der Waals surface area contributed by atoms with E-state index >= 15 is 0 Å². The molecule has 0 N–H and O–H groups in total. The molecule has 4 rings (SSSR count). The van der Waals surface area contributed by atoms with Gasteiger partial charge in [0.1, 0.15) is 5.82 Å². The lowest BCUT2D eigenvalue weighted by atomic mass is 10.1. The molecule has 0 aliphatic rings. The number of unbranched alkanes of at least 4 members (excludes halogenated alkanes) is 1. The van der Waals surface area contributed by atoms with E-state index in [1.54, 1.807) is 60.5 Å². The molecule has 1 amide bonds. The highest BCUT2D eigenvalue weighted by atomic mass is 19.1. The van der Waals surface area contributed by atoms with Crippen LogP contribution in [-0.4, -0.2) is 47.8 Å². The lowest BCUT2D eigenvalue weighted by molar-refractivity contribution is 0.0793. The number of aromatic nitrogens is 2. The molecular formula is C30H32FN3O5. The van der Waals surface area contributed by atoms with Crippen LogP contribution in [0.15, 0.2) is 70.3 Å². The molecule has 0 aliphatic heterocycles. The zero-order chi connectivity index (χ0) is 28.1. The molecule has 0 unspecified atom stereocenters. The van der Waals surface area contributed by atoms with Crippen molar-refractivity contribution >= 4 is 16.8 Å². The molecule has 0 bridgehead atoms. The fourth-order valence-electron chi connectivity index (χ4n) is 4.49. The Morgan fingerprint density at radius 2 is 1.59 bits per heavy atom. The summed E-state index contributed by atoms with van der Waals surface area (Å²) in [6.07, 6.45) is 1.91. The van der Waals surface area contributed by atoms with Crippen LogP contribution < -0.4 is 20.7 Å². The molecule has 39 heavy (non-hydrogen) atoms. The topological polar surface area (TPSA) is 82.8 Å². The van der Waals surface area contributed by atoms with Crippen molar-refractivity contribution in [3.63, 3.8) is 0 Å². The highest BCUT2D eigenvalue weighted by Crippen LogP contribution is 2.30. The Morgan fingerprint density at radius 1 is 0.923 bits per heavy atom. The summed E-state index contributed by atoms with van der Waals surface area (Å²) in [4.78, 5) is 41.7. The number of carbonyl (C=O) groups is 1. The van der Waals surface area contributed by atoms with Crippen molar-refractivity contribution in [1.82, 2.24) is 14.0 Å².